The van der Waals surface area contributed by atoms with E-state index in [4.69, 9.17) is 24.9 Å². The van der Waals surface area contributed by atoms with Crippen LogP contribution >= 0.6 is 0 Å². The van der Waals surface area contributed by atoms with Crippen molar-refractivity contribution in [2.24, 2.45) is 0 Å². The Kier molecular flexibility index (Phi) is 5.71. The van der Waals surface area contributed by atoms with E-state index in [-0.39, 0.29) is 0 Å². The molecular weight excluding hydrogens is 514 g/mol. The van der Waals surface area contributed by atoms with E-state index in [1.807, 2.05) is 85.1 Å². The van der Waals surface area contributed by atoms with Crippen molar-refractivity contribution in [1.82, 2.24) is 24.9 Å². The third-order valence-electron chi connectivity index (χ3n) is 7.51. The minimum atomic E-state index is 0.635. The van der Waals surface area contributed by atoms with Gasteiger partial charge in [-0.25, -0.2) is 19.9 Å². The Morgan fingerprint density at radius 3 is 1.50 bits per heavy atom. The first kappa shape index (κ1) is 24.0. The monoisotopic (exact) mass is 537 g/mol. The molecular formula is C37H23N5. The number of benzene rings is 5. The first-order valence-electron chi connectivity index (χ1n) is 13.8. The van der Waals surface area contributed by atoms with E-state index in [0.29, 0.717) is 17.5 Å². The molecule has 8 rings (SSSR count). The molecule has 0 aliphatic carbocycles. The van der Waals surface area contributed by atoms with Gasteiger partial charge in [0.1, 0.15) is 0 Å². The maximum atomic E-state index is 4.93. The van der Waals surface area contributed by atoms with E-state index in [1.54, 1.807) is 0 Å². The van der Waals surface area contributed by atoms with E-state index in [1.165, 1.54) is 0 Å². The molecule has 0 fully saturated rings. The standard InChI is InChI=1S/C37H23N5/c1-3-9-25(10-4-1)35-40-36(26-11-5-2-6-12-26)42-37(41-35)27-17-15-24(16-18-27)31-22-29-19-20-30-21-28-13-7-8-14-32(28)39-34(30)33(29)38-23-31/h1-23H. The number of para-hydroxylation sites is 1. The summed E-state index contributed by atoms with van der Waals surface area (Å²) < 4.78 is 0. The van der Waals surface area contributed by atoms with Crippen LogP contribution in [0.25, 0.3) is 78.0 Å². The highest BCUT2D eigenvalue weighted by molar-refractivity contribution is 6.07. The molecule has 5 nitrogen and oxygen atoms in total. The number of hydrogen-bond donors (Lipinski definition) is 0. The molecule has 0 N–H and O–H groups in total. The predicted octanol–water partition coefficient (Wildman–Crippen LogP) is 8.79. The summed E-state index contributed by atoms with van der Waals surface area (Å²) in [4.78, 5) is 24.3. The van der Waals surface area contributed by atoms with Crippen molar-refractivity contribution >= 4 is 32.7 Å². The fourth-order valence-electron chi connectivity index (χ4n) is 5.34. The highest BCUT2D eigenvalue weighted by Gasteiger charge is 2.13. The van der Waals surface area contributed by atoms with E-state index in [0.717, 1.165) is 60.5 Å². The van der Waals surface area contributed by atoms with Crippen molar-refractivity contribution in [3.05, 3.63) is 140 Å². The maximum Gasteiger partial charge on any atom is 0.164 e. The van der Waals surface area contributed by atoms with Gasteiger partial charge in [-0.05, 0) is 23.8 Å². The topological polar surface area (TPSA) is 64.5 Å². The Labute approximate surface area is 242 Å². The number of rotatable bonds is 4. The fraction of sp³-hybridized carbons (Fsp3) is 0. The lowest BCUT2D eigenvalue weighted by Crippen LogP contribution is -2.00. The molecule has 0 saturated carbocycles. The van der Waals surface area contributed by atoms with Gasteiger partial charge < -0.3 is 0 Å². The van der Waals surface area contributed by atoms with Crippen molar-refractivity contribution in [2.45, 2.75) is 0 Å². The minimum absolute atomic E-state index is 0.635. The Morgan fingerprint density at radius 2 is 0.857 bits per heavy atom. The van der Waals surface area contributed by atoms with Crippen molar-refractivity contribution in [3.63, 3.8) is 0 Å². The van der Waals surface area contributed by atoms with Crippen molar-refractivity contribution in [2.75, 3.05) is 0 Å². The molecule has 0 radical (unpaired) electrons. The van der Waals surface area contributed by atoms with Gasteiger partial charge in [0.25, 0.3) is 0 Å². The van der Waals surface area contributed by atoms with Gasteiger partial charge in [-0.15, -0.1) is 0 Å². The van der Waals surface area contributed by atoms with Crippen molar-refractivity contribution in [1.29, 1.82) is 0 Å². The lowest BCUT2D eigenvalue weighted by molar-refractivity contribution is 1.07. The van der Waals surface area contributed by atoms with Gasteiger partial charge in [0, 0.05) is 44.6 Å². The van der Waals surface area contributed by atoms with Crippen LogP contribution in [0, 0.1) is 0 Å². The van der Waals surface area contributed by atoms with Gasteiger partial charge in [-0.3, -0.25) is 4.98 Å². The summed E-state index contributed by atoms with van der Waals surface area (Å²) in [5.74, 6) is 1.93. The fourth-order valence-corrected chi connectivity index (χ4v) is 5.34. The number of hydrogen-bond acceptors (Lipinski definition) is 5. The van der Waals surface area contributed by atoms with Gasteiger partial charge >= 0.3 is 0 Å². The molecule has 8 aromatic rings. The molecule has 0 spiro atoms. The normalized spacial score (nSPS) is 11.3. The summed E-state index contributed by atoms with van der Waals surface area (Å²) in [6.45, 7) is 0. The Balaban J connectivity index is 1.18. The van der Waals surface area contributed by atoms with Crippen LogP contribution in [-0.2, 0) is 0 Å². The number of nitrogens with zero attached hydrogens (tertiary/aromatic N) is 5. The van der Waals surface area contributed by atoms with E-state index in [2.05, 4.69) is 54.6 Å². The second-order valence-electron chi connectivity index (χ2n) is 10.2. The molecule has 0 aliphatic rings. The predicted molar refractivity (Wildman–Crippen MR) is 170 cm³/mol. The Bertz CT molecular complexity index is 2170. The number of pyridine rings is 2. The van der Waals surface area contributed by atoms with Gasteiger partial charge in [0.2, 0.25) is 0 Å². The zero-order valence-electron chi connectivity index (χ0n) is 22.5. The van der Waals surface area contributed by atoms with E-state index < -0.39 is 0 Å². The molecule has 0 aliphatic heterocycles. The van der Waals surface area contributed by atoms with Crippen LogP contribution in [0.3, 0.4) is 0 Å². The lowest BCUT2D eigenvalue weighted by atomic mass is 10.0. The van der Waals surface area contributed by atoms with E-state index >= 15 is 0 Å². The highest BCUT2D eigenvalue weighted by Crippen LogP contribution is 2.30. The van der Waals surface area contributed by atoms with Crippen LogP contribution < -0.4 is 0 Å². The largest absolute Gasteiger partial charge is 0.253 e. The minimum Gasteiger partial charge on any atom is -0.253 e. The molecule has 5 aromatic carbocycles. The molecule has 0 atom stereocenters. The van der Waals surface area contributed by atoms with Crippen molar-refractivity contribution < 1.29 is 0 Å². The molecule has 42 heavy (non-hydrogen) atoms. The molecule has 196 valence electrons. The first-order chi connectivity index (χ1) is 20.8. The van der Waals surface area contributed by atoms with Gasteiger partial charge in [-0.1, -0.05) is 115 Å². The van der Waals surface area contributed by atoms with Crippen molar-refractivity contribution in [3.8, 4) is 45.3 Å². The third kappa shape index (κ3) is 4.34. The molecule has 0 unspecified atom stereocenters. The molecule has 3 heterocycles. The first-order valence-corrected chi connectivity index (χ1v) is 13.8. The molecule has 5 heteroatoms. The van der Waals surface area contributed by atoms with Gasteiger partial charge in [-0.2, -0.15) is 0 Å². The van der Waals surface area contributed by atoms with Crippen LogP contribution in [-0.4, -0.2) is 24.9 Å². The van der Waals surface area contributed by atoms with Gasteiger partial charge in [0.15, 0.2) is 17.5 Å². The third-order valence-corrected chi connectivity index (χ3v) is 7.51. The van der Waals surface area contributed by atoms with Crippen LogP contribution in [0.5, 0.6) is 0 Å². The van der Waals surface area contributed by atoms with Gasteiger partial charge in [0.05, 0.1) is 16.6 Å². The van der Waals surface area contributed by atoms with E-state index in [9.17, 15) is 0 Å². The second-order valence-corrected chi connectivity index (χ2v) is 10.2. The summed E-state index contributed by atoms with van der Waals surface area (Å²) in [7, 11) is 0. The second kappa shape index (κ2) is 9.98. The zero-order valence-corrected chi connectivity index (χ0v) is 22.5. The summed E-state index contributed by atoms with van der Waals surface area (Å²) in [5, 5.41) is 3.28. The van der Waals surface area contributed by atoms with Crippen LogP contribution in [0.4, 0.5) is 0 Å². The average molecular weight is 538 g/mol. The Hall–Kier alpha value is -5.81. The molecule has 0 bridgehead atoms. The molecule has 3 aromatic heterocycles. The summed E-state index contributed by atoms with van der Waals surface area (Å²) in [6.07, 6.45) is 1.93. The summed E-state index contributed by atoms with van der Waals surface area (Å²) in [5.41, 5.74) is 7.74. The smallest absolute Gasteiger partial charge is 0.164 e. The number of fused-ring (bicyclic) bond motifs is 4. The Morgan fingerprint density at radius 1 is 0.333 bits per heavy atom. The summed E-state index contributed by atoms with van der Waals surface area (Å²) >= 11 is 0. The average Bonchev–Trinajstić information content (AvgIpc) is 3.08. The quantitative estimate of drug-likeness (QED) is 0.166. The van der Waals surface area contributed by atoms with Crippen LogP contribution in [0.15, 0.2) is 140 Å². The van der Waals surface area contributed by atoms with Crippen LogP contribution in [0.2, 0.25) is 0 Å². The molecule has 0 saturated heterocycles. The van der Waals surface area contributed by atoms with Crippen LogP contribution in [0.1, 0.15) is 0 Å². The zero-order chi connectivity index (χ0) is 27.9. The SMILES string of the molecule is c1ccc(-c2nc(-c3ccccc3)nc(-c3ccc(-c4cnc5c(ccc6cc7ccccc7nc65)c4)cc3)n2)cc1. The number of aromatic nitrogens is 5. The maximum absolute atomic E-state index is 4.93. The highest BCUT2D eigenvalue weighted by atomic mass is 15.0. The lowest BCUT2D eigenvalue weighted by Gasteiger charge is -2.10. The molecule has 0 amide bonds. The summed E-state index contributed by atoms with van der Waals surface area (Å²) in [6, 6.07) is 45.2.